The smallest absolute Gasteiger partial charge is 0.0436 e. The van der Waals surface area contributed by atoms with Crippen LogP contribution in [-0.4, -0.2) is 11.7 Å². The van der Waals surface area contributed by atoms with Crippen molar-refractivity contribution in [1.82, 2.24) is 0 Å². The Kier molecular flexibility index (Phi) is 5.54. The van der Waals surface area contributed by atoms with Gasteiger partial charge in [-0.3, -0.25) is 0 Å². The lowest BCUT2D eigenvalue weighted by Gasteiger charge is -2.37. The van der Waals surface area contributed by atoms with Crippen molar-refractivity contribution < 1.29 is 5.11 Å². The summed E-state index contributed by atoms with van der Waals surface area (Å²) in [7, 11) is 0. The molecule has 84 valence electrons. The minimum Gasteiger partial charge on any atom is -0.396 e. The van der Waals surface area contributed by atoms with Gasteiger partial charge >= 0.3 is 0 Å². The van der Waals surface area contributed by atoms with Gasteiger partial charge < -0.3 is 5.11 Å². The molecule has 0 spiro atoms. The molecule has 1 aliphatic rings. The van der Waals surface area contributed by atoms with Crippen LogP contribution < -0.4 is 0 Å². The van der Waals surface area contributed by atoms with E-state index in [0.717, 1.165) is 6.42 Å². The highest BCUT2D eigenvalue weighted by molar-refractivity contribution is 4.82. The second kappa shape index (κ2) is 6.44. The number of rotatable bonds is 6. The molecule has 0 aliphatic heterocycles. The first-order valence-corrected chi connectivity index (χ1v) is 6.44. The van der Waals surface area contributed by atoms with Crippen molar-refractivity contribution in [3.05, 3.63) is 0 Å². The van der Waals surface area contributed by atoms with Gasteiger partial charge in [0.05, 0.1) is 0 Å². The van der Waals surface area contributed by atoms with Crippen LogP contribution in [0.25, 0.3) is 0 Å². The first kappa shape index (κ1) is 12.0. The van der Waals surface area contributed by atoms with Crippen molar-refractivity contribution in [3.8, 4) is 0 Å². The summed E-state index contributed by atoms with van der Waals surface area (Å²) < 4.78 is 0. The van der Waals surface area contributed by atoms with Crippen molar-refractivity contribution in [3.63, 3.8) is 0 Å². The fourth-order valence-electron chi connectivity index (χ4n) is 2.91. The summed E-state index contributed by atoms with van der Waals surface area (Å²) in [5.41, 5.74) is 0.530. The van der Waals surface area contributed by atoms with E-state index in [-0.39, 0.29) is 0 Å². The first-order chi connectivity index (χ1) is 6.83. The molecule has 0 amide bonds. The van der Waals surface area contributed by atoms with Crippen LogP contribution in [0.5, 0.6) is 0 Å². The zero-order valence-electron chi connectivity index (χ0n) is 9.73. The Labute approximate surface area is 88.9 Å². The van der Waals surface area contributed by atoms with Crippen molar-refractivity contribution in [2.24, 2.45) is 5.41 Å². The lowest BCUT2D eigenvalue weighted by molar-refractivity contribution is 0.115. The molecule has 1 saturated carbocycles. The maximum absolute atomic E-state index is 9.14. The van der Waals surface area contributed by atoms with Gasteiger partial charge in [0.1, 0.15) is 0 Å². The second-order valence-electron chi connectivity index (χ2n) is 4.99. The third-order valence-electron chi connectivity index (χ3n) is 3.87. The molecule has 1 aliphatic carbocycles. The standard InChI is InChI=1S/C13H26O/c1-2-3-5-8-13(11-12-14)9-6-4-7-10-13/h14H,2-12H2,1H3. The minimum atomic E-state index is 0.395. The van der Waals surface area contributed by atoms with Gasteiger partial charge in [0, 0.05) is 6.61 Å². The quantitative estimate of drug-likeness (QED) is 0.642. The van der Waals surface area contributed by atoms with Crippen LogP contribution in [0.1, 0.15) is 71.1 Å². The molecular formula is C13H26O. The monoisotopic (exact) mass is 198 g/mol. The number of hydrogen-bond acceptors (Lipinski definition) is 1. The van der Waals surface area contributed by atoms with E-state index < -0.39 is 0 Å². The SMILES string of the molecule is CCCCCC1(CCO)CCCCC1. The summed E-state index contributed by atoms with van der Waals surface area (Å²) in [5, 5.41) is 9.14. The Hall–Kier alpha value is -0.0400. The normalized spacial score (nSPS) is 21.0. The Balaban J connectivity index is 2.34. The molecule has 0 aromatic rings. The Morgan fingerprint density at radius 1 is 1.00 bits per heavy atom. The second-order valence-corrected chi connectivity index (χ2v) is 4.99. The van der Waals surface area contributed by atoms with Crippen LogP contribution in [0.15, 0.2) is 0 Å². The predicted octanol–water partition coefficient (Wildman–Crippen LogP) is 3.90. The van der Waals surface area contributed by atoms with E-state index in [9.17, 15) is 0 Å². The van der Waals surface area contributed by atoms with Crippen LogP contribution in [0.4, 0.5) is 0 Å². The fraction of sp³-hybridized carbons (Fsp3) is 1.00. The number of aliphatic hydroxyl groups excluding tert-OH is 1. The largest absolute Gasteiger partial charge is 0.396 e. The van der Waals surface area contributed by atoms with E-state index in [1.165, 1.54) is 57.8 Å². The van der Waals surface area contributed by atoms with Gasteiger partial charge in [-0.25, -0.2) is 0 Å². The van der Waals surface area contributed by atoms with E-state index >= 15 is 0 Å². The molecule has 0 bridgehead atoms. The minimum absolute atomic E-state index is 0.395. The molecule has 1 N–H and O–H groups in total. The molecule has 0 atom stereocenters. The van der Waals surface area contributed by atoms with Crippen molar-refractivity contribution in [2.75, 3.05) is 6.61 Å². The molecule has 1 rings (SSSR count). The van der Waals surface area contributed by atoms with Crippen LogP contribution >= 0.6 is 0 Å². The average molecular weight is 198 g/mol. The maximum atomic E-state index is 9.14. The average Bonchev–Trinajstić information content (AvgIpc) is 2.20. The third-order valence-corrected chi connectivity index (χ3v) is 3.87. The van der Waals surface area contributed by atoms with Crippen LogP contribution in [-0.2, 0) is 0 Å². The molecule has 1 fully saturated rings. The molecule has 0 saturated heterocycles. The van der Waals surface area contributed by atoms with E-state index in [4.69, 9.17) is 5.11 Å². The van der Waals surface area contributed by atoms with Gasteiger partial charge in [0.15, 0.2) is 0 Å². The first-order valence-electron chi connectivity index (χ1n) is 6.44. The molecular weight excluding hydrogens is 172 g/mol. The van der Waals surface area contributed by atoms with Crippen LogP contribution in [0, 0.1) is 5.41 Å². The van der Waals surface area contributed by atoms with Crippen molar-refractivity contribution >= 4 is 0 Å². The highest BCUT2D eigenvalue weighted by atomic mass is 16.3. The lowest BCUT2D eigenvalue weighted by Crippen LogP contribution is -2.25. The van der Waals surface area contributed by atoms with Gasteiger partial charge in [0.2, 0.25) is 0 Å². The van der Waals surface area contributed by atoms with E-state index in [2.05, 4.69) is 6.92 Å². The molecule has 1 nitrogen and oxygen atoms in total. The third kappa shape index (κ3) is 3.61. The number of hydrogen-bond donors (Lipinski definition) is 1. The lowest BCUT2D eigenvalue weighted by atomic mass is 9.69. The molecule has 0 aromatic carbocycles. The van der Waals surface area contributed by atoms with E-state index in [1.807, 2.05) is 0 Å². The maximum Gasteiger partial charge on any atom is 0.0436 e. The Bertz CT molecular complexity index is 131. The number of unbranched alkanes of at least 4 members (excludes halogenated alkanes) is 2. The topological polar surface area (TPSA) is 20.2 Å². The fourth-order valence-corrected chi connectivity index (χ4v) is 2.91. The molecule has 0 radical (unpaired) electrons. The van der Waals surface area contributed by atoms with E-state index in [0.29, 0.717) is 12.0 Å². The van der Waals surface area contributed by atoms with Crippen molar-refractivity contribution in [2.45, 2.75) is 71.1 Å². The summed E-state index contributed by atoms with van der Waals surface area (Å²) in [6, 6.07) is 0. The summed E-state index contributed by atoms with van der Waals surface area (Å²) in [4.78, 5) is 0. The van der Waals surface area contributed by atoms with Gasteiger partial charge in [-0.15, -0.1) is 0 Å². The van der Waals surface area contributed by atoms with Crippen LogP contribution in [0.2, 0.25) is 0 Å². The Morgan fingerprint density at radius 3 is 2.29 bits per heavy atom. The van der Waals surface area contributed by atoms with Gasteiger partial charge in [-0.05, 0) is 31.1 Å². The summed E-state index contributed by atoms with van der Waals surface area (Å²) in [6.45, 7) is 2.66. The molecule has 14 heavy (non-hydrogen) atoms. The van der Waals surface area contributed by atoms with Crippen LogP contribution in [0.3, 0.4) is 0 Å². The van der Waals surface area contributed by atoms with Gasteiger partial charge in [-0.2, -0.15) is 0 Å². The zero-order valence-corrected chi connectivity index (χ0v) is 9.73. The summed E-state index contributed by atoms with van der Waals surface area (Å²) >= 11 is 0. The summed E-state index contributed by atoms with van der Waals surface area (Å²) in [5.74, 6) is 0. The van der Waals surface area contributed by atoms with Gasteiger partial charge in [-0.1, -0.05) is 45.4 Å². The number of aliphatic hydroxyl groups is 1. The highest BCUT2D eigenvalue weighted by Gasteiger charge is 2.30. The molecule has 1 heteroatoms. The molecule has 0 heterocycles. The molecule has 0 aromatic heterocycles. The molecule has 0 unspecified atom stereocenters. The van der Waals surface area contributed by atoms with Crippen molar-refractivity contribution in [1.29, 1.82) is 0 Å². The predicted molar refractivity (Wildman–Crippen MR) is 61.4 cm³/mol. The zero-order chi connectivity index (χ0) is 10.3. The Morgan fingerprint density at radius 2 is 1.71 bits per heavy atom. The highest BCUT2D eigenvalue weighted by Crippen LogP contribution is 2.43. The van der Waals surface area contributed by atoms with E-state index in [1.54, 1.807) is 0 Å². The summed E-state index contributed by atoms with van der Waals surface area (Å²) in [6.07, 6.45) is 13.4. The van der Waals surface area contributed by atoms with Gasteiger partial charge in [0.25, 0.3) is 0 Å².